The van der Waals surface area contributed by atoms with Crippen LogP contribution in [-0.2, 0) is 4.79 Å². The fourth-order valence-electron chi connectivity index (χ4n) is 1.26. The van der Waals surface area contributed by atoms with Crippen molar-refractivity contribution in [1.82, 2.24) is 0 Å². The van der Waals surface area contributed by atoms with Gasteiger partial charge in [0.2, 0.25) is 29.0 Å². The summed E-state index contributed by atoms with van der Waals surface area (Å²) in [5.41, 5.74) is -1.28. The van der Waals surface area contributed by atoms with Crippen molar-refractivity contribution in [2.45, 2.75) is 33.3 Å². The molecule has 0 radical (unpaired) electrons. The highest BCUT2D eigenvalue weighted by atomic mass is 19.2. The van der Waals surface area contributed by atoms with Gasteiger partial charge in [0.25, 0.3) is 0 Å². The van der Waals surface area contributed by atoms with Crippen molar-refractivity contribution in [3.05, 3.63) is 35.4 Å². The summed E-state index contributed by atoms with van der Waals surface area (Å²) in [5.74, 6) is -11.2. The molecule has 0 aliphatic carbocycles. The number of hydrogen-bond donors (Lipinski definition) is 0. The normalized spacial score (nSPS) is 11.2. The third-order valence-electron chi connectivity index (χ3n) is 2.13. The summed E-state index contributed by atoms with van der Waals surface area (Å²) in [6, 6.07) is 0. The zero-order valence-corrected chi connectivity index (χ0v) is 11.9. The summed E-state index contributed by atoms with van der Waals surface area (Å²) in [4.78, 5) is 11.2. The van der Waals surface area contributed by atoms with Gasteiger partial charge in [0.1, 0.15) is 5.60 Å². The highest BCUT2D eigenvalue weighted by Gasteiger charge is 2.31. The number of ether oxygens (including phenoxy) is 2. The molecule has 1 aromatic carbocycles. The van der Waals surface area contributed by atoms with Crippen LogP contribution in [0.4, 0.5) is 17.6 Å². The SMILES string of the molecule is C=C(C)C(=O)Oc1c(F)c(F)c(OC(C)(C)C)c(F)c1F. The van der Waals surface area contributed by atoms with E-state index in [1.54, 1.807) is 0 Å². The van der Waals surface area contributed by atoms with Crippen LogP contribution in [0.2, 0.25) is 0 Å². The van der Waals surface area contributed by atoms with Crippen LogP contribution in [0.1, 0.15) is 27.7 Å². The molecule has 0 unspecified atom stereocenters. The fourth-order valence-corrected chi connectivity index (χ4v) is 1.26. The lowest BCUT2D eigenvalue weighted by Crippen LogP contribution is -2.25. The van der Waals surface area contributed by atoms with E-state index in [-0.39, 0.29) is 5.57 Å². The molecule has 0 fully saturated rings. The zero-order valence-electron chi connectivity index (χ0n) is 11.9. The van der Waals surface area contributed by atoms with Crippen molar-refractivity contribution >= 4 is 5.97 Å². The molecule has 0 aliphatic heterocycles. The number of hydrogen-bond acceptors (Lipinski definition) is 3. The van der Waals surface area contributed by atoms with Gasteiger partial charge in [-0.05, 0) is 27.7 Å². The van der Waals surface area contributed by atoms with Crippen molar-refractivity contribution in [3.8, 4) is 11.5 Å². The molecule has 0 aliphatic rings. The highest BCUT2D eigenvalue weighted by molar-refractivity contribution is 5.88. The lowest BCUT2D eigenvalue weighted by atomic mass is 10.2. The van der Waals surface area contributed by atoms with Gasteiger partial charge < -0.3 is 9.47 Å². The Kier molecular flexibility index (Phi) is 4.65. The Balaban J connectivity index is 3.39. The molecule has 0 amide bonds. The van der Waals surface area contributed by atoms with Crippen molar-refractivity contribution < 1.29 is 31.8 Å². The van der Waals surface area contributed by atoms with Crippen molar-refractivity contribution in [2.75, 3.05) is 0 Å². The molecule has 0 atom stereocenters. The van der Waals surface area contributed by atoms with E-state index in [2.05, 4.69) is 11.3 Å². The second-order valence-corrected chi connectivity index (χ2v) is 5.30. The zero-order chi connectivity index (χ0) is 16.5. The minimum Gasteiger partial charge on any atom is -0.482 e. The molecule has 21 heavy (non-hydrogen) atoms. The quantitative estimate of drug-likeness (QED) is 0.279. The molecule has 0 spiro atoms. The molecule has 0 saturated carbocycles. The minimum atomic E-state index is -1.86. The average molecular weight is 306 g/mol. The first kappa shape index (κ1) is 17.0. The molecule has 0 bridgehead atoms. The average Bonchev–Trinajstić information content (AvgIpc) is 2.36. The van der Waals surface area contributed by atoms with Crippen molar-refractivity contribution in [3.63, 3.8) is 0 Å². The van der Waals surface area contributed by atoms with Gasteiger partial charge in [-0.25, -0.2) is 4.79 Å². The maximum atomic E-state index is 13.8. The topological polar surface area (TPSA) is 35.5 Å². The molecule has 0 N–H and O–H groups in total. The van der Waals surface area contributed by atoms with Gasteiger partial charge in [-0.2, -0.15) is 17.6 Å². The first-order chi connectivity index (χ1) is 9.45. The second-order valence-electron chi connectivity index (χ2n) is 5.30. The first-order valence-electron chi connectivity index (χ1n) is 5.88. The van der Waals surface area contributed by atoms with Gasteiger partial charge in [-0.3, -0.25) is 0 Å². The van der Waals surface area contributed by atoms with E-state index in [9.17, 15) is 22.4 Å². The monoisotopic (exact) mass is 306 g/mol. The summed E-state index contributed by atoms with van der Waals surface area (Å²) in [6.45, 7) is 8.72. The Morgan fingerprint density at radius 3 is 1.67 bits per heavy atom. The van der Waals surface area contributed by atoms with Gasteiger partial charge in [0, 0.05) is 5.57 Å². The summed E-state index contributed by atoms with van der Waals surface area (Å²) in [5, 5.41) is 0. The van der Waals surface area contributed by atoms with Crippen molar-refractivity contribution in [2.24, 2.45) is 0 Å². The molecular formula is C14H14F4O3. The van der Waals surface area contributed by atoms with Crippen LogP contribution in [0.15, 0.2) is 12.2 Å². The molecule has 3 nitrogen and oxygen atoms in total. The third-order valence-corrected chi connectivity index (χ3v) is 2.13. The van der Waals surface area contributed by atoms with Gasteiger partial charge >= 0.3 is 5.97 Å². The Morgan fingerprint density at radius 1 is 0.952 bits per heavy atom. The minimum absolute atomic E-state index is 0.190. The Hall–Kier alpha value is -2.05. The summed E-state index contributed by atoms with van der Waals surface area (Å²) >= 11 is 0. The molecule has 0 saturated heterocycles. The predicted molar refractivity (Wildman–Crippen MR) is 67.1 cm³/mol. The van der Waals surface area contributed by atoms with Crippen molar-refractivity contribution in [1.29, 1.82) is 0 Å². The maximum Gasteiger partial charge on any atom is 0.338 e. The standard InChI is InChI=1S/C14H14F4O3/c1-6(2)13(19)20-11-7(15)9(17)12(10(18)8(11)16)21-14(3,4)5/h1H2,2-5H3. The first-order valence-corrected chi connectivity index (χ1v) is 5.88. The molecule has 1 rings (SSSR count). The Bertz CT molecular complexity index is 574. The van der Waals surface area contributed by atoms with E-state index in [4.69, 9.17) is 4.74 Å². The van der Waals surface area contributed by atoms with Gasteiger partial charge in [-0.15, -0.1) is 0 Å². The Labute approximate surface area is 119 Å². The number of esters is 1. The molecule has 0 aromatic heterocycles. The molecule has 7 heteroatoms. The van der Waals surface area contributed by atoms with Crippen LogP contribution in [0.3, 0.4) is 0 Å². The smallest absolute Gasteiger partial charge is 0.338 e. The predicted octanol–water partition coefficient (Wildman–Crippen LogP) is 3.90. The lowest BCUT2D eigenvalue weighted by molar-refractivity contribution is -0.130. The summed E-state index contributed by atoms with van der Waals surface area (Å²) < 4.78 is 64.1. The number of carbonyl (C=O) groups is 1. The van der Waals surface area contributed by atoms with Crippen LogP contribution in [0, 0.1) is 23.3 Å². The number of carbonyl (C=O) groups excluding carboxylic acids is 1. The molecule has 116 valence electrons. The third kappa shape index (κ3) is 3.74. The molecular weight excluding hydrogens is 292 g/mol. The molecule has 0 heterocycles. The van der Waals surface area contributed by atoms with Gasteiger partial charge in [-0.1, -0.05) is 6.58 Å². The Morgan fingerprint density at radius 2 is 1.33 bits per heavy atom. The largest absolute Gasteiger partial charge is 0.482 e. The fraction of sp³-hybridized carbons (Fsp3) is 0.357. The van der Waals surface area contributed by atoms with E-state index in [0.717, 1.165) is 0 Å². The molecule has 1 aromatic rings. The van der Waals surface area contributed by atoms with Gasteiger partial charge in [0.05, 0.1) is 0 Å². The highest BCUT2D eigenvalue weighted by Crippen LogP contribution is 2.36. The van der Waals surface area contributed by atoms with E-state index >= 15 is 0 Å². The van der Waals surface area contributed by atoms with Gasteiger partial charge in [0.15, 0.2) is 5.75 Å². The van der Waals surface area contributed by atoms with Crippen LogP contribution >= 0.6 is 0 Å². The van der Waals surface area contributed by atoms with E-state index in [1.165, 1.54) is 27.7 Å². The number of benzene rings is 1. The second kappa shape index (κ2) is 5.75. The van der Waals surface area contributed by atoms with Crippen LogP contribution in [0.5, 0.6) is 11.5 Å². The summed E-state index contributed by atoms with van der Waals surface area (Å²) in [6.07, 6.45) is 0. The number of halogens is 4. The van der Waals surface area contributed by atoms with E-state index in [0.29, 0.717) is 0 Å². The van der Waals surface area contributed by atoms with Crippen LogP contribution < -0.4 is 9.47 Å². The number of rotatable bonds is 3. The lowest BCUT2D eigenvalue weighted by Gasteiger charge is -2.22. The van der Waals surface area contributed by atoms with Crippen LogP contribution in [0.25, 0.3) is 0 Å². The van der Waals surface area contributed by atoms with Crippen LogP contribution in [-0.4, -0.2) is 11.6 Å². The van der Waals surface area contributed by atoms with E-state index < -0.39 is 46.3 Å². The van der Waals surface area contributed by atoms with E-state index in [1.807, 2.05) is 0 Å². The maximum absolute atomic E-state index is 13.8. The summed E-state index contributed by atoms with van der Waals surface area (Å²) in [7, 11) is 0.